The van der Waals surface area contributed by atoms with Gasteiger partial charge in [0.05, 0.1) is 16.8 Å². The van der Waals surface area contributed by atoms with Crippen molar-refractivity contribution in [2.45, 2.75) is 58.6 Å². The van der Waals surface area contributed by atoms with Gasteiger partial charge in [0.1, 0.15) is 0 Å². The Morgan fingerprint density at radius 2 is 2.00 bits per heavy atom. The van der Waals surface area contributed by atoms with Crippen molar-refractivity contribution in [1.82, 2.24) is 14.9 Å². The van der Waals surface area contributed by atoms with Crippen molar-refractivity contribution in [2.24, 2.45) is 17.8 Å². The van der Waals surface area contributed by atoms with E-state index >= 15 is 0 Å². The quantitative estimate of drug-likeness (QED) is 0.780. The fourth-order valence-electron chi connectivity index (χ4n) is 4.83. The minimum absolute atomic E-state index is 0.0350. The van der Waals surface area contributed by atoms with Gasteiger partial charge in [0.15, 0.2) is 11.9 Å². The maximum absolute atomic E-state index is 12.8. The summed E-state index contributed by atoms with van der Waals surface area (Å²) in [6, 6.07) is 7.24. The highest BCUT2D eigenvalue weighted by Crippen LogP contribution is 2.36. The number of rotatable bonds is 4. The molecule has 1 saturated heterocycles. The Balaban J connectivity index is 1.44. The number of aromatic amines is 1. The largest absolute Gasteiger partial charge is 0.454 e. The number of H-pyrrole nitrogens is 1. The topological polar surface area (TPSA) is 92.4 Å². The summed E-state index contributed by atoms with van der Waals surface area (Å²) in [6.07, 6.45) is 2.79. The van der Waals surface area contributed by atoms with Crippen LogP contribution in [0.2, 0.25) is 0 Å². The maximum atomic E-state index is 12.8. The van der Waals surface area contributed by atoms with Crippen LogP contribution in [0.4, 0.5) is 0 Å². The molecule has 5 atom stereocenters. The molecule has 0 radical (unpaired) electrons. The first-order valence-corrected chi connectivity index (χ1v) is 10.8. The number of aromatic nitrogens is 2. The van der Waals surface area contributed by atoms with Gasteiger partial charge >= 0.3 is 5.97 Å². The molecule has 1 saturated carbocycles. The Morgan fingerprint density at radius 1 is 1.23 bits per heavy atom. The number of para-hydroxylation sites is 1. The number of nitrogens with zero attached hydrogens (tertiary/aromatic N) is 2. The Hall–Kier alpha value is -2.70. The lowest BCUT2D eigenvalue weighted by Crippen LogP contribution is -2.45. The molecule has 30 heavy (non-hydrogen) atoms. The molecule has 1 aromatic carbocycles. The van der Waals surface area contributed by atoms with Crippen LogP contribution in [0, 0.1) is 17.8 Å². The molecule has 1 aliphatic heterocycles. The summed E-state index contributed by atoms with van der Waals surface area (Å²) >= 11 is 0. The van der Waals surface area contributed by atoms with E-state index in [1.165, 1.54) is 6.42 Å². The molecule has 7 heteroatoms. The molecule has 0 bridgehead atoms. The SMILES string of the molecule is C[C@H]1[C@H](N2C[C@H](C(=O)O[C@@H](C)c3nc4ccccc4c(=O)[nH]3)CC2=O)CCC[C@@H]1C. The molecule has 0 spiro atoms. The molecule has 2 heterocycles. The molecule has 2 aliphatic rings. The van der Waals surface area contributed by atoms with E-state index in [0.29, 0.717) is 35.1 Å². The number of ether oxygens (including phenoxy) is 1. The van der Waals surface area contributed by atoms with Crippen LogP contribution < -0.4 is 5.56 Å². The van der Waals surface area contributed by atoms with Crippen molar-refractivity contribution in [3.63, 3.8) is 0 Å². The number of hydrogen-bond acceptors (Lipinski definition) is 5. The third kappa shape index (κ3) is 3.85. The van der Waals surface area contributed by atoms with Gasteiger partial charge in [-0.15, -0.1) is 0 Å². The van der Waals surface area contributed by atoms with Gasteiger partial charge in [0.2, 0.25) is 5.91 Å². The number of fused-ring (bicyclic) bond motifs is 1. The Labute approximate surface area is 175 Å². The monoisotopic (exact) mass is 411 g/mol. The predicted molar refractivity (Wildman–Crippen MR) is 113 cm³/mol. The summed E-state index contributed by atoms with van der Waals surface area (Å²) in [7, 11) is 0. The fourth-order valence-corrected chi connectivity index (χ4v) is 4.83. The first-order valence-electron chi connectivity index (χ1n) is 10.8. The smallest absolute Gasteiger partial charge is 0.311 e. The average Bonchev–Trinajstić information content (AvgIpc) is 3.11. The van der Waals surface area contributed by atoms with E-state index in [2.05, 4.69) is 23.8 Å². The minimum atomic E-state index is -0.701. The third-order valence-corrected chi connectivity index (χ3v) is 6.87. The van der Waals surface area contributed by atoms with Crippen molar-refractivity contribution < 1.29 is 14.3 Å². The van der Waals surface area contributed by atoms with E-state index in [4.69, 9.17) is 4.74 Å². The molecular formula is C23H29N3O4. The predicted octanol–water partition coefficient (Wildman–Crippen LogP) is 3.20. The van der Waals surface area contributed by atoms with Crippen molar-refractivity contribution in [3.8, 4) is 0 Å². The van der Waals surface area contributed by atoms with Gasteiger partial charge in [-0.3, -0.25) is 14.4 Å². The molecule has 0 unspecified atom stereocenters. The van der Waals surface area contributed by atoms with Crippen LogP contribution in [0.15, 0.2) is 29.1 Å². The fraction of sp³-hybridized carbons (Fsp3) is 0.565. The Bertz CT molecular complexity index is 1020. The molecule has 1 amide bonds. The first-order chi connectivity index (χ1) is 14.3. The average molecular weight is 412 g/mol. The lowest BCUT2D eigenvalue weighted by Gasteiger charge is -2.39. The van der Waals surface area contributed by atoms with Gasteiger partial charge in [-0.1, -0.05) is 38.8 Å². The van der Waals surface area contributed by atoms with Gasteiger partial charge in [0.25, 0.3) is 5.56 Å². The van der Waals surface area contributed by atoms with E-state index < -0.39 is 18.0 Å². The Kier molecular flexibility index (Phi) is 5.62. The summed E-state index contributed by atoms with van der Waals surface area (Å²) in [5.41, 5.74) is 0.294. The summed E-state index contributed by atoms with van der Waals surface area (Å²) < 4.78 is 5.61. The Morgan fingerprint density at radius 3 is 2.80 bits per heavy atom. The molecule has 2 aromatic rings. The van der Waals surface area contributed by atoms with Crippen molar-refractivity contribution in [3.05, 3.63) is 40.4 Å². The standard InChI is InChI=1S/C23H29N3O4/c1-13-7-6-10-19(14(13)2)26-12-16(11-20(26)27)23(29)30-15(3)21-24-18-9-5-4-8-17(18)22(28)25-21/h4-5,8-9,13-16,19H,6-7,10-12H2,1-3H3,(H,24,25,28)/t13-,14+,15-,16+,19+/m0/s1. The zero-order valence-electron chi connectivity index (χ0n) is 17.8. The number of carbonyl (C=O) groups excluding carboxylic acids is 2. The highest BCUT2D eigenvalue weighted by molar-refractivity contribution is 5.87. The van der Waals surface area contributed by atoms with Gasteiger partial charge in [-0.2, -0.15) is 0 Å². The van der Waals surface area contributed by atoms with Gasteiger partial charge in [-0.05, 0) is 37.3 Å². The lowest BCUT2D eigenvalue weighted by atomic mass is 9.77. The van der Waals surface area contributed by atoms with E-state index in [0.717, 1.165) is 12.8 Å². The van der Waals surface area contributed by atoms with Gasteiger partial charge < -0.3 is 14.6 Å². The molecule has 4 rings (SSSR count). The first kappa shape index (κ1) is 20.6. The normalized spacial score (nSPS) is 28.0. The lowest BCUT2D eigenvalue weighted by molar-refractivity contribution is -0.153. The van der Waals surface area contributed by atoms with E-state index in [1.807, 2.05) is 4.90 Å². The second-order valence-electron chi connectivity index (χ2n) is 8.83. The second kappa shape index (κ2) is 8.20. The van der Waals surface area contributed by atoms with Crippen LogP contribution >= 0.6 is 0 Å². The number of esters is 1. The summed E-state index contributed by atoms with van der Waals surface area (Å²) in [4.78, 5) is 46.7. The van der Waals surface area contributed by atoms with Crippen LogP contribution in [0.1, 0.15) is 58.4 Å². The number of nitrogens with one attached hydrogen (secondary N) is 1. The van der Waals surface area contributed by atoms with E-state index in [1.54, 1.807) is 31.2 Å². The van der Waals surface area contributed by atoms with Gasteiger partial charge in [-0.25, -0.2) is 4.98 Å². The highest BCUT2D eigenvalue weighted by atomic mass is 16.5. The van der Waals surface area contributed by atoms with Crippen molar-refractivity contribution in [1.29, 1.82) is 0 Å². The number of amides is 1. The number of hydrogen-bond donors (Lipinski definition) is 1. The zero-order valence-corrected chi connectivity index (χ0v) is 17.8. The molecular weight excluding hydrogens is 382 g/mol. The number of carbonyl (C=O) groups is 2. The van der Waals surface area contributed by atoms with Crippen LogP contribution in [-0.4, -0.2) is 39.3 Å². The zero-order chi connectivity index (χ0) is 21.4. The second-order valence-corrected chi connectivity index (χ2v) is 8.83. The van der Waals surface area contributed by atoms with Gasteiger partial charge in [0, 0.05) is 19.0 Å². The minimum Gasteiger partial charge on any atom is -0.454 e. The molecule has 1 aliphatic carbocycles. The van der Waals surface area contributed by atoms with Crippen LogP contribution in [-0.2, 0) is 14.3 Å². The summed E-state index contributed by atoms with van der Waals surface area (Å²) in [5.74, 6) is 0.472. The van der Waals surface area contributed by atoms with Crippen LogP contribution in [0.3, 0.4) is 0 Å². The highest BCUT2D eigenvalue weighted by Gasteiger charge is 2.42. The van der Waals surface area contributed by atoms with Crippen LogP contribution in [0.25, 0.3) is 10.9 Å². The summed E-state index contributed by atoms with van der Waals surface area (Å²) in [5, 5.41) is 0.493. The molecule has 1 N–H and O–H groups in total. The van der Waals surface area contributed by atoms with E-state index in [-0.39, 0.29) is 23.9 Å². The van der Waals surface area contributed by atoms with E-state index in [9.17, 15) is 14.4 Å². The number of likely N-dealkylation sites (tertiary alicyclic amines) is 1. The molecule has 1 aromatic heterocycles. The maximum Gasteiger partial charge on any atom is 0.311 e. The molecule has 160 valence electrons. The third-order valence-electron chi connectivity index (χ3n) is 6.87. The summed E-state index contributed by atoms with van der Waals surface area (Å²) in [6.45, 7) is 6.54. The van der Waals surface area contributed by atoms with Crippen molar-refractivity contribution in [2.75, 3.05) is 6.54 Å². The molecule has 7 nitrogen and oxygen atoms in total. The molecule has 2 fully saturated rings. The van der Waals surface area contributed by atoms with Crippen LogP contribution in [0.5, 0.6) is 0 Å². The van der Waals surface area contributed by atoms with Crippen molar-refractivity contribution >= 4 is 22.8 Å². The number of benzene rings is 1.